The van der Waals surface area contributed by atoms with Gasteiger partial charge >= 0.3 is 5.97 Å². The predicted octanol–water partition coefficient (Wildman–Crippen LogP) is 11.6. The third-order valence-corrected chi connectivity index (χ3v) is 10.4. The van der Waals surface area contributed by atoms with E-state index in [1.807, 2.05) is 36.7 Å². The van der Waals surface area contributed by atoms with Crippen molar-refractivity contribution in [3.05, 3.63) is 42.2 Å². The summed E-state index contributed by atoms with van der Waals surface area (Å²) >= 11 is 0. The first-order chi connectivity index (χ1) is 21.2. The Morgan fingerprint density at radius 3 is 1.67 bits per heavy atom. The number of hydrogen-bond donors (Lipinski definition) is 0. The maximum Gasteiger partial charge on any atom is 0.314 e. The highest BCUT2D eigenvalue weighted by Crippen LogP contribution is 2.38. The van der Waals surface area contributed by atoms with Crippen molar-refractivity contribution >= 4 is 5.97 Å². The number of ether oxygens (including phenoxy) is 1. The minimum absolute atomic E-state index is 0.0438. The Labute approximate surface area is 263 Å². The maximum absolute atomic E-state index is 12.8. The fourth-order valence-electron chi connectivity index (χ4n) is 7.47. The average molecular weight is 589 g/mol. The van der Waals surface area contributed by atoms with Crippen LogP contribution in [0.5, 0.6) is 5.75 Å². The molecule has 43 heavy (non-hydrogen) atoms. The van der Waals surface area contributed by atoms with Crippen molar-refractivity contribution in [1.82, 2.24) is 9.97 Å². The maximum atomic E-state index is 12.8. The molecular formula is C39H60N2O2. The average Bonchev–Trinajstić information content (AvgIpc) is 3.05. The van der Waals surface area contributed by atoms with E-state index in [2.05, 4.69) is 13.8 Å². The fraction of sp³-hybridized carbons (Fsp3) is 0.718. The fourth-order valence-corrected chi connectivity index (χ4v) is 7.47. The number of carbonyl (C=O) groups is 1. The van der Waals surface area contributed by atoms with Crippen LogP contribution in [0.25, 0.3) is 11.4 Å². The minimum Gasteiger partial charge on any atom is -0.426 e. The summed E-state index contributed by atoms with van der Waals surface area (Å²) in [4.78, 5) is 22.3. The van der Waals surface area contributed by atoms with E-state index < -0.39 is 0 Å². The zero-order valence-electron chi connectivity index (χ0n) is 27.5. The molecule has 2 aliphatic carbocycles. The number of unbranched alkanes of at least 4 members (excludes halogenated alkanes) is 10. The summed E-state index contributed by atoms with van der Waals surface area (Å²) in [5.74, 6) is 3.65. The third kappa shape index (κ3) is 11.7. The van der Waals surface area contributed by atoms with Crippen LogP contribution < -0.4 is 4.74 Å². The summed E-state index contributed by atoms with van der Waals surface area (Å²) in [6.07, 6.45) is 32.9. The largest absolute Gasteiger partial charge is 0.426 e. The molecule has 4 rings (SSSR count). The smallest absolute Gasteiger partial charge is 0.314 e. The highest BCUT2D eigenvalue weighted by Gasteiger charge is 2.27. The summed E-state index contributed by atoms with van der Waals surface area (Å²) in [6, 6.07) is 7.72. The Balaban J connectivity index is 1.14. The lowest BCUT2D eigenvalue weighted by atomic mass is 9.77. The lowest BCUT2D eigenvalue weighted by molar-refractivity contribution is -0.140. The van der Waals surface area contributed by atoms with Crippen LogP contribution in [0, 0.1) is 17.8 Å². The first-order valence-electron chi connectivity index (χ1n) is 18.3. The lowest BCUT2D eigenvalue weighted by Gasteiger charge is -2.28. The molecule has 0 amide bonds. The second-order valence-corrected chi connectivity index (χ2v) is 13.8. The van der Waals surface area contributed by atoms with Gasteiger partial charge in [-0.1, -0.05) is 104 Å². The topological polar surface area (TPSA) is 52.1 Å². The Bertz CT molecular complexity index is 1020. The molecule has 4 nitrogen and oxygen atoms in total. The zero-order chi connectivity index (χ0) is 30.1. The molecule has 0 atom stereocenters. The van der Waals surface area contributed by atoms with Gasteiger partial charge in [0.2, 0.25) is 0 Å². The highest BCUT2D eigenvalue weighted by atomic mass is 16.5. The molecule has 0 spiro atoms. The predicted molar refractivity (Wildman–Crippen MR) is 179 cm³/mol. The van der Waals surface area contributed by atoms with E-state index in [4.69, 9.17) is 14.7 Å². The van der Waals surface area contributed by atoms with Crippen molar-refractivity contribution < 1.29 is 9.53 Å². The summed E-state index contributed by atoms with van der Waals surface area (Å²) < 4.78 is 5.78. The Kier molecular flexibility index (Phi) is 15.0. The number of esters is 1. The van der Waals surface area contributed by atoms with Gasteiger partial charge in [0.25, 0.3) is 0 Å². The molecule has 0 unspecified atom stereocenters. The quantitative estimate of drug-likeness (QED) is 0.0987. The van der Waals surface area contributed by atoms with Gasteiger partial charge in [-0.05, 0) is 98.9 Å². The van der Waals surface area contributed by atoms with Gasteiger partial charge in [0.1, 0.15) is 5.75 Å². The van der Waals surface area contributed by atoms with Crippen molar-refractivity contribution in [3.8, 4) is 17.1 Å². The van der Waals surface area contributed by atoms with Crippen molar-refractivity contribution in [2.24, 2.45) is 17.8 Å². The lowest BCUT2D eigenvalue weighted by Crippen LogP contribution is -2.25. The summed E-state index contributed by atoms with van der Waals surface area (Å²) in [6.45, 7) is 4.56. The Hall–Kier alpha value is -2.23. The van der Waals surface area contributed by atoms with Crippen LogP contribution in [0.15, 0.2) is 36.7 Å². The van der Waals surface area contributed by atoms with Crippen molar-refractivity contribution in [2.75, 3.05) is 0 Å². The zero-order valence-corrected chi connectivity index (χ0v) is 27.5. The number of carbonyl (C=O) groups excluding carboxylic acids is 1. The van der Waals surface area contributed by atoms with Gasteiger partial charge in [-0.25, -0.2) is 9.97 Å². The van der Waals surface area contributed by atoms with Gasteiger partial charge in [0.15, 0.2) is 5.82 Å². The van der Waals surface area contributed by atoms with Gasteiger partial charge in [0, 0.05) is 18.0 Å². The summed E-state index contributed by atoms with van der Waals surface area (Å²) in [7, 11) is 0. The van der Waals surface area contributed by atoms with E-state index in [0.29, 0.717) is 11.7 Å². The van der Waals surface area contributed by atoms with Crippen LogP contribution in [0.4, 0.5) is 0 Å². The van der Waals surface area contributed by atoms with E-state index in [-0.39, 0.29) is 11.9 Å². The molecule has 1 heterocycles. The molecule has 0 radical (unpaired) electrons. The summed E-state index contributed by atoms with van der Waals surface area (Å²) in [5, 5.41) is 0. The molecule has 2 saturated carbocycles. The van der Waals surface area contributed by atoms with Gasteiger partial charge in [0.05, 0.1) is 5.92 Å². The molecule has 0 N–H and O–H groups in total. The Morgan fingerprint density at radius 1 is 0.651 bits per heavy atom. The van der Waals surface area contributed by atoms with Crippen molar-refractivity contribution in [3.63, 3.8) is 0 Å². The summed E-state index contributed by atoms with van der Waals surface area (Å²) in [5.41, 5.74) is 2.25. The van der Waals surface area contributed by atoms with Crippen LogP contribution in [-0.4, -0.2) is 15.9 Å². The van der Waals surface area contributed by atoms with Crippen molar-refractivity contribution in [1.29, 1.82) is 0 Å². The minimum atomic E-state index is -0.0631. The monoisotopic (exact) mass is 588 g/mol. The van der Waals surface area contributed by atoms with Gasteiger partial charge in [-0.2, -0.15) is 0 Å². The molecule has 4 heteroatoms. The standard InChI is InChI=1S/C39H60N2O2/c1-3-5-7-9-10-12-14-16-31-17-21-33(22-18-31)36-29-40-38(41-30-36)34-25-27-37(28-26-34)43-39(42)35-23-19-32(20-24-35)15-13-11-8-6-4-2/h25-33,35H,3-24H2,1-2H3. The van der Waals surface area contributed by atoms with Crippen LogP contribution in [0.2, 0.25) is 0 Å². The molecule has 2 fully saturated rings. The second-order valence-electron chi connectivity index (χ2n) is 13.8. The number of aromatic nitrogens is 2. The third-order valence-electron chi connectivity index (χ3n) is 10.4. The van der Waals surface area contributed by atoms with Crippen LogP contribution in [0.3, 0.4) is 0 Å². The van der Waals surface area contributed by atoms with Crippen LogP contribution in [-0.2, 0) is 4.79 Å². The van der Waals surface area contributed by atoms with Crippen LogP contribution >= 0.6 is 0 Å². The first kappa shape index (κ1) is 33.7. The molecule has 1 aromatic heterocycles. The van der Waals surface area contributed by atoms with Gasteiger partial charge < -0.3 is 4.74 Å². The first-order valence-corrected chi connectivity index (χ1v) is 18.3. The SMILES string of the molecule is CCCCCCCCCC1CCC(c2cnc(-c3ccc(OC(=O)C4CCC(CCCCCCC)CC4)cc3)nc2)CC1. The Morgan fingerprint density at radius 2 is 1.14 bits per heavy atom. The van der Waals surface area contributed by atoms with E-state index >= 15 is 0 Å². The molecular weight excluding hydrogens is 528 g/mol. The number of hydrogen-bond acceptors (Lipinski definition) is 4. The highest BCUT2D eigenvalue weighted by molar-refractivity contribution is 5.75. The van der Waals surface area contributed by atoms with Gasteiger partial charge in [-0.15, -0.1) is 0 Å². The van der Waals surface area contributed by atoms with Crippen molar-refractivity contribution in [2.45, 2.75) is 161 Å². The molecule has 0 bridgehead atoms. The molecule has 0 saturated heterocycles. The van der Waals surface area contributed by atoms with E-state index in [1.54, 1.807) is 0 Å². The molecule has 0 aliphatic heterocycles. The molecule has 2 aromatic rings. The number of nitrogens with zero attached hydrogens (tertiary/aromatic N) is 2. The van der Waals surface area contributed by atoms with E-state index in [1.165, 1.54) is 134 Å². The van der Waals surface area contributed by atoms with E-state index in [9.17, 15) is 4.79 Å². The molecule has 1 aromatic carbocycles. The number of benzene rings is 1. The second kappa shape index (κ2) is 19.2. The normalized spacial score (nSPS) is 22.4. The van der Waals surface area contributed by atoms with Crippen LogP contribution in [0.1, 0.15) is 167 Å². The molecule has 238 valence electrons. The van der Waals surface area contributed by atoms with E-state index in [0.717, 1.165) is 36.1 Å². The number of rotatable bonds is 18. The molecule has 2 aliphatic rings. The van der Waals surface area contributed by atoms with Gasteiger partial charge in [-0.3, -0.25) is 4.79 Å².